The molecular weight excluding hydrogens is 396 g/mol. The van der Waals surface area contributed by atoms with Gasteiger partial charge in [-0.15, -0.1) is 0 Å². The fourth-order valence-electron chi connectivity index (χ4n) is 3.86. The van der Waals surface area contributed by atoms with E-state index in [1.165, 1.54) is 6.07 Å². The lowest BCUT2D eigenvalue weighted by Crippen LogP contribution is -2.25. The summed E-state index contributed by atoms with van der Waals surface area (Å²) in [5.74, 6) is 0.354. The van der Waals surface area contributed by atoms with E-state index in [2.05, 4.69) is 22.2 Å². The van der Waals surface area contributed by atoms with Gasteiger partial charge in [0.1, 0.15) is 23.2 Å². The molecule has 29 heavy (non-hydrogen) atoms. The van der Waals surface area contributed by atoms with Crippen molar-refractivity contribution in [3.63, 3.8) is 0 Å². The average Bonchev–Trinajstić information content (AvgIpc) is 3.08. The third-order valence-electron chi connectivity index (χ3n) is 5.34. The van der Waals surface area contributed by atoms with Crippen LogP contribution >= 0.6 is 11.8 Å². The SMILES string of the molecule is CCC[C@H](CCCO)SCc1nc2cc(N[C@@H]3CCC[C@@H]3F)cc(F)c2c(=O)[nH]1. The van der Waals surface area contributed by atoms with Crippen LogP contribution in [0.15, 0.2) is 16.9 Å². The van der Waals surface area contributed by atoms with E-state index in [4.69, 9.17) is 5.11 Å². The molecule has 0 spiro atoms. The van der Waals surface area contributed by atoms with E-state index in [9.17, 15) is 13.6 Å². The van der Waals surface area contributed by atoms with Gasteiger partial charge in [0, 0.05) is 17.5 Å². The maximum atomic E-state index is 14.5. The number of hydrogen-bond acceptors (Lipinski definition) is 5. The number of halogens is 2. The summed E-state index contributed by atoms with van der Waals surface area (Å²) < 4.78 is 28.4. The number of fused-ring (bicyclic) bond motifs is 1. The normalized spacial score (nSPS) is 20.3. The summed E-state index contributed by atoms with van der Waals surface area (Å²) in [5, 5.41) is 12.4. The minimum atomic E-state index is -0.942. The highest BCUT2D eigenvalue weighted by atomic mass is 32.2. The number of anilines is 1. The lowest BCUT2D eigenvalue weighted by Gasteiger charge is -2.17. The first kappa shape index (κ1) is 22.0. The van der Waals surface area contributed by atoms with E-state index in [1.807, 2.05) is 0 Å². The van der Waals surface area contributed by atoms with E-state index < -0.39 is 17.5 Å². The summed E-state index contributed by atoms with van der Waals surface area (Å²) in [6.07, 6.45) is 4.81. The highest BCUT2D eigenvalue weighted by Gasteiger charge is 2.27. The number of benzene rings is 1. The molecule has 5 nitrogen and oxygen atoms in total. The van der Waals surface area contributed by atoms with Gasteiger partial charge in [0.2, 0.25) is 0 Å². The lowest BCUT2D eigenvalue weighted by molar-refractivity contribution is 0.283. The molecule has 3 N–H and O–H groups in total. The van der Waals surface area contributed by atoms with E-state index in [0.717, 1.165) is 32.1 Å². The number of aliphatic hydroxyl groups is 1. The Kier molecular flexibility index (Phi) is 7.89. The summed E-state index contributed by atoms with van der Waals surface area (Å²) in [5.41, 5.74) is 0.233. The predicted molar refractivity (Wildman–Crippen MR) is 115 cm³/mol. The van der Waals surface area contributed by atoms with Gasteiger partial charge >= 0.3 is 0 Å². The minimum absolute atomic E-state index is 0.0714. The zero-order valence-corrected chi connectivity index (χ0v) is 17.5. The van der Waals surface area contributed by atoms with Crippen LogP contribution in [-0.2, 0) is 5.75 Å². The average molecular weight is 426 g/mol. The van der Waals surface area contributed by atoms with Crippen molar-refractivity contribution < 1.29 is 13.9 Å². The summed E-state index contributed by atoms with van der Waals surface area (Å²) in [7, 11) is 0. The second-order valence-electron chi connectivity index (χ2n) is 7.65. The number of alkyl halides is 1. The Morgan fingerprint density at radius 1 is 1.38 bits per heavy atom. The third-order valence-corrected chi connectivity index (χ3v) is 6.73. The first-order valence-corrected chi connectivity index (χ1v) is 11.4. The molecule has 1 aliphatic carbocycles. The fraction of sp³-hybridized carbons (Fsp3) is 0.619. The van der Waals surface area contributed by atoms with Crippen LogP contribution in [0, 0.1) is 5.82 Å². The lowest BCUT2D eigenvalue weighted by atomic mass is 10.1. The van der Waals surface area contributed by atoms with E-state index in [0.29, 0.717) is 35.4 Å². The van der Waals surface area contributed by atoms with Crippen LogP contribution in [0.3, 0.4) is 0 Å². The van der Waals surface area contributed by atoms with Crippen LogP contribution < -0.4 is 10.9 Å². The Labute approximate surface area is 173 Å². The Bertz CT molecular complexity index is 877. The smallest absolute Gasteiger partial charge is 0.261 e. The Balaban J connectivity index is 1.79. The standard InChI is InChI=1S/C21H29F2N3O2S/c1-2-5-14(6-4-9-27)29-12-19-25-18-11-13(24-17-8-3-7-15(17)22)10-16(23)20(18)21(28)26-19/h10-11,14-15,17,24,27H,2-9,12H2,1H3,(H,25,26,28)/t14-,15+,17-/m1/s1. The number of thioether (sulfide) groups is 1. The summed E-state index contributed by atoms with van der Waals surface area (Å²) >= 11 is 1.69. The molecule has 1 aliphatic rings. The van der Waals surface area contributed by atoms with Crippen LogP contribution in [0.4, 0.5) is 14.5 Å². The molecule has 1 heterocycles. The zero-order valence-electron chi connectivity index (χ0n) is 16.7. The maximum absolute atomic E-state index is 14.5. The second-order valence-corrected chi connectivity index (χ2v) is 8.94. The molecule has 2 aromatic rings. The molecule has 0 bridgehead atoms. The first-order valence-electron chi connectivity index (χ1n) is 10.4. The van der Waals surface area contributed by atoms with Gasteiger partial charge in [0.05, 0.1) is 17.3 Å². The van der Waals surface area contributed by atoms with Gasteiger partial charge in [-0.25, -0.2) is 13.8 Å². The highest BCUT2D eigenvalue weighted by molar-refractivity contribution is 7.99. The van der Waals surface area contributed by atoms with Crippen molar-refractivity contribution in [2.45, 2.75) is 75.1 Å². The molecule has 0 amide bonds. The van der Waals surface area contributed by atoms with Crippen molar-refractivity contribution >= 4 is 28.4 Å². The largest absolute Gasteiger partial charge is 0.396 e. The quantitative estimate of drug-likeness (QED) is 0.521. The molecule has 3 rings (SSSR count). The molecule has 0 aliphatic heterocycles. The van der Waals surface area contributed by atoms with Crippen molar-refractivity contribution in [2.75, 3.05) is 11.9 Å². The molecule has 1 saturated carbocycles. The summed E-state index contributed by atoms with van der Waals surface area (Å²) in [4.78, 5) is 19.6. The van der Waals surface area contributed by atoms with Crippen LogP contribution in [0.1, 0.15) is 57.7 Å². The minimum Gasteiger partial charge on any atom is -0.396 e. The number of aliphatic hydroxyl groups excluding tert-OH is 1. The Morgan fingerprint density at radius 2 is 2.21 bits per heavy atom. The number of nitrogens with one attached hydrogen (secondary N) is 2. The van der Waals surface area contributed by atoms with E-state index in [1.54, 1.807) is 17.8 Å². The molecule has 8 heteroatoms. The molecule has 1 aromatic carbocycles. The number of hydrogen-bond donors (Lipinski definition) is 3. The molecule has 1 fully saturated rings. The van der Waals surface area contributed by atoms with Gasteiger partial charge < -0.3 is 15.4 Å². The van der Waals surface area contributed by atoms with Gasteiger partial charge in [0.25, 0.3) is 5.56 Å². The van der Waals surface area contributed by atoms with Crippen molar-refractivity contribution in [3.05, 3.63) is 34.1 Å². The molecule has 3 atom stereocenters. The number of aromatic nitrogens is 2. The first-order chi connectivity index (χ1) is 14.0. The molecule has 0 saturated heterocycles. The second kappa shape index (κ2) is 10.4. The molecule has 0 unspecified atom stereocenters. The van der Waals surface area contributed by atoms with Gasteiger partial charge in [0.15, 0.2) is 0 Å². The maximum Gasteiger partial charge on any atom is 0.261 e. The van der Waals surface area contributed by atoms with Crippen molar-refractivity contribution in [3.8, 4) is 0 Å². The van der Waals surface area contributed by atoms with Gasteiger partial charge in [-0.1, -0.05) is 13.3 Å². The van der Waals surface area contributed by atoms with E-state index in [-0.39, 0.29) is 23.6 Å². The van der Waals surface area contributed by atoms with Gasteiger partial charge in [-0.05, 0) is 50.7 Å². The number of rotatable bonds is 10. The van der Waals surface area contributed by atoms with Gasteiger partial charge in [-0.3, -0.25) is 4.79 Å². The van der Waals surface area contributed by atoms with Crippen molar-refractivity contribution in [2.24, 2.45) is 0 Å². The summed E-state index contributed by atoms with van der Waals surface area (Å²) in [6.45, 7) is 2.29. The molecule has 1 aromatic heterocycles. The van der Waals surface area contributed by atoms with Crippen LogP contribution in [-0.4, -0.2) is 39.1 Å². The fourth-order valence-corrected chi connectivity index (χ4v) is 5.13. The topological polar surface area (TPSA) is 78.0 Å². The number of nitrogens with zero attached hydrogens (tertiary/aromatic N) is 1. The third kappa shape index (κ3) is 5.69. The van der Waals surface area contributed by atoms with E-state index >= 15 is 0 Å². The molecule has 0 radical (unpaired) electrons. The molecular formula is C21H29F2N3O2S. The predicted octanol–water partition coefficient (Wildman–Crippen LogP) is 4.54. The van der Waals surface area contributed by atoms with Crippen molar-refractivity contribution in [1.29, 1.82) is 0 Å². The number of aromatic amines is 1. The van der Waals surface area contributed by atoms with Gasteiger partial charge in [-0.2, -0.15) is 11.8 Å². The van der Waals surface area contributed by atoms with Crippen LogP contribution in [0.2, 0.25) is 0 Å². The highest BCUT2D eigenvalue weighted by Crippen LogP contribution is 2.28. The summed E-state index contributed by atoms with van der Waals surface area (Å²) in [6, 6.07) is 2.54. The monoisotopic (exact) mass is 425 g/mol. The Hall–Kier alpha value is -1.67. The zero-order chi connectivity index (χ0) is 20.8. The van der Waals surface area contributed by atoms with Crippen LogP contribution in [0.25, 0.3) is 10.9 Å². The molecule has 160 valence electrons. The van der Waals surface area contributed by atoms with Crippen molar-refractivity contribution in [1.82, 2.24) is 9.97 Å². The van der Waals surface area contributed by atoms with Crippen LogP contribution in [0.5, 0.6) is 0 Å². The number of H-pyrrole nitrogens is 1. The Morgan fingerprint density at radius 3 is 2.90 bits per heavy atom.